The molecular weight excluding hydrogens is 469 g/mol. The van der Waals surface area contributed by atoms with E-state index < -0.39 is 5.56 Å². The summed E-state index contributed by atoms with van der Waals surface area (Å²) in [6.07, 6.45) is 8.74. The molecular formula is C29H24FN5O2. The smallest absolute Gasteiger partial charge is 0.265 e. The highest BCUT2D eigenvalue weighted by Crippen LogP contribution is 2.55. The van der Waals surface area contributed by atoms with Crippen molar-refractivity contribution in [3.8, 4) is 11.3 Å². The van der Waals surface area contributed by atoms with Crippen LogP contribution in [0.25, 0.3) is 27.1 Å². The molecule has 2 saturated carbocycles. The summed E-state index contributed by atoms with van der Waals surface area (Å²) in [5, 5.41) is 3.67. The van der Waals surface area contributed by atoms with Gasteiger partial charge in [-0.2, -0.15) is 0 Å². The molecule has 1 N–H and O–H groups in total. The van der Waals surface area contributed by atoms with Gasteiger partial charge in [-0.3, -0.25) is 19.1 Å². The molecule has 2 fully saturated rings. The molecule has 7 nitrogen and oxygen atoms in total. The van der Waals surface area contributed by atoms with Crippen LogP contribution in [0.15, 0.2) is 65.7 Å². The minimum atomic E-state index is -0.438. The van der Waals surface area contributed by atoms with Crippen molar-refractivity contribution < 1.29 is 9.18 Å². The van der Waals surface area contributed by atoms with Crippen molar-refractivity contribution in [1.29, 1.82) is 0 Å². The fourth-order valence-electron chi connectivity index (χ4n) is 5.55. The lowest BCUT2D eigenvalue weighted by Gasteiger charge is -2.54. The molecule has 0 atom stereocenters. The fourth-order valence-corrected chi connectivity index (χ4v) is 5.55. The minimum Gasteiger partial charge on any atom is -0.349 e. The lowest BCUT2D eigenvalue weighted by Crippen LogP contribution is -2.54. The highest BCUT2D eigenvalue weighted by atomic mass is 19.1. The maximum atomic E-state index is 13.6. The predicted molar refractivity (Wildman–Crippen MR) is 138 cm³/mol. The highest BCUT2D eigenvalue weighted by Gasteiger charge is 2.48. The summed E-state index contributed by atoms with van der Waals surface area (Å²) in [6.45, 7) is 7.27. The predicted octanol–water partition coefficient (Wildman–Crippen LogP) is 5.26. The molecule has 1 spiro atoms. The molecule has 8 heteroatoms. The van der Waals surface area contributed by atoms with Crippen LogP contribution < -0.4 is 10.9 Å². The van der Waals surface area contributed by atoms with Crippen molar-refractivity contribution in [2.24, 2.45) is 5.41 Å². The van der Waals surface area contributed by atoms with Crippen molar-refractivity contribution in [2.75, 3.05) is 0 Å². The second-order valence-electron chi connectivity index (χ2n) is 10.2. The van der Waals surface area contributed by atoms with Crippen molar-refractivity contribution >= 4 is 22.6 Å². The number of hydrogen-bond acceptors (Lipinski definition) is 4. The number of benzene rings is 1. The Bertz CT molecular complexity index is 1610. The lowest BCUT2D eigenvalue weighted by molar-refractivity contribution is -0.000650. The Morgan fingerprint density at radius 1 is 1.11 bits per heavy atom. The zero-order valence-electron chi connectivity index (χ0n) is 20.1. The molecule has 4 aromatic rings. The van der Waals surface area contributed by atoms with Gasteiger partial charge in [0.05, 0.1) is 18.8 Å². The first-order valence-electron chi connectivity index (χ1n) is 12.4. The summed E-state index contributed by atoms with van der Waals surface area (Å²) in [5.41, 5.74) is 2.92. The van der Waals surface area contributed by atoms with E-state index in [1.54, 1.807) is 36.5 Å². The molecule has 2 aliphatic rings. The Kier molecular flexibility index (Phi) is 5.56. The summed E-state index contributed by atoms with van der Waals surface area (Å²) in [5.74, 6) is -0.748. The number of hydrogen-bond donors (Lipinski definition) is 1. The highest BCUT2D eigenvalue weighted by molar-refractivity contribution is 5.97. The maximum absolute atomic E-state index is 13.6. The Morgan fingerprint density at radius 2 is 1.89 bits per heavy atom. The number of nitrogens with one attached hydrogen (secondary N) is 1. The standard InChI is InChI=1S/C29H24FN5O2/c1-31-22-7-8-25(32-16-22)20-11-19-12-24(27(36)34-23-13-29(14-23)9-2-10-29)28(37)35(26(19)33-15-20)17-18-3-5-21(30)6-4-18/h3-8,11-12,15-16,23H,2,9-10,13-14,17H2,(H,34,36). The molecule has 6 rings (SSSR count). The molecule has 3 heterocycles. The summed E-state index contributed by atoms with van der Waals surface area (Å²) < 4.78 is 14.9. The molecule has 0 saturated heterocycles. The third kappa shape index (κ3) is 4.27. The van der Waals surface area contributed by atoms with Crippen LogP contribution >= 0.6 is 0 Å². The van der Waals surface area contributed by atoms with E-state index in [1.165, 1.54) is 42.2 Å². The normalized spacial score (nSPS) is 16.1. The molecule has 2 aliphatic carbocycles. The molecule has 1 aromatic carbocycles. The molecule has 3 aromatic heterocycles. The summed E-state index contributed by atoms with van der Waals surface area (Å²) in [4.78, 5) is 39.1. The Hall–Kier alpha value is -4.38. The molecule has 184 valence electrons. The van der Waals surface area contributed by atoms with Gasteiger partial charge in [-0.05, 0) is 67.0 Å². The molecule has 0 radical (unpaired) electrons. The van der Waals surface area contributed by atoms with Gasteiger partial charge < -0.3 is 5.32 Å². The van der Waals surface area contributed by atoms with Gasteiger partial charge in [0.25, 0.3) is 11.5 Å². The number of halogens is 1. The van der Waals surface area contributed by atoms with Crippen molar-refractivity contribution in [3.63, 3.8) is 0 Å². The fraction of sp³-hybridized carbons (Fsp3) is 0.276. The maximum Gasteiger partial charge on any atom is 0.265 e. The van der Waals surface area contributed by atoms with Crippen molar-refractivity contribution in [2.45, 2.75) is 44.7 Å². The second kappa shape index (κ2) is 8.93. The van der Waals surface area contributed by atoms with Crippen LogP contribution in [-0.2, 0) is 6.54 Å². The first kappa shape index (κ1) is 23.0. The third-order valence-corrected chi connectivity index (χ3v) is 7.71. The largest absolute Gasteiger partial charge is 0.349 e. The number of carbonyl (C=O) groups is 1. The van der Waals surface area contributed by atoms with Crippen LogP contribution in [0, 0.1) is 17.8 Å². The van der Waals surface area contributed by atoms with E-state index in [0.717, 1.165) is 18.4 Å². The van der Waals surface area contributed by atoms with Gasteiger partial charge in [0.15, 0.2) is 0 Å². The SMILES string of the molecule is [C-]#[N+]c1ccc(-c2cnc3c(c2)cc(C(=O)NC2CC4(CCC4)C2)c(=O)n3Cc2ccc(F)cc2)nc1. The second-order valence-corrected chi connectivity index (χ2v) is 10.2. The first-order chi connectivity index (χ1) is 17.9. The minimum absolute atomic E-state index is 0.0550. The van der Waals surface area contributed by atoms with Gasteiger partial charge in [0.1, 0.15) is 17.0 Å². The van der Waals surface area contributed by atoms with Crippen LogP contribution in [0.3, 0.4) is 0 Å². The van der Waals surface area contributed by atoms with Crippen LogP contribution in [0.4, 0.5) is 10.1 Å². The van der Waals surface area contributed by atoms with Gasteiger partial charge in [0, 0.05) is 29.4 Å². The van der Waals surface area contributed by atoms with Crippen LogP contribution in [-0.4, -0.2) is 26.5 Å². The number of aromatic nitrogens is 3. The zero-order valence-corrected chi connectivity index (χ0v) is 20.1. The number of amides is 1. The van der Waals surface area contributed by atoms with E-state index in [0.29, 0.717) is 33.4 Å². The molecule has 0 bridgehead atoms. The molecule has 0 aliphatic heterocycles. The van der Waals surface area contributed by atoms with Crippen molar-refractivity contribution in [3.05, 3.63) is 99.6 Å². The Balaban J connectivity index is 1.40. The van der Waals surface area contributed by atoms with Gasteiger partial charge in [-0.25, -0.2) is 14.2 Å². The Labute approximate surface area is 212 Å². The quantitative estimate of drug-likeness (QED) is 0.385. The zero-order chi connectivity index (χ0) is 25.6. The van der Waals surface area contributed by atoms with Gasteiger partial charge >= 0.3 is 0 Å². The Morgan fingerprint density at radius 3 is 2.54 bits per heavy atom. The average molecular weight is 494 g/mol. The number of pyridine rings is 3. The van der Waals surface area contributed by atoms with E-state index in [1.807, 2.05) is 6.07 Å². The van der Waals surface area contributed by atoms with E-state index in [4.69, 9.17) is 6.57 Å². The number of fused-ring (bicyclic) bond motifs is 1. The lowest BCUT2D eigenvalue weighted by atomic mass is 9.54. The monoisotopic (exact) mass is 493 g/mol. The van der Waals surface area contributed by atoms with E-state index >= 15 is 0 Å². The van der Waals surface area contributed by atoms with E-state index in [9.17, 15) is 14.0 Å². The summed E-state index contributed by atoms with van der Waals surface area (Å²) >= 11 is 0. The molecule has 37 heavy (non-hydrogen) atoms. The average Bonchev–Trinajstić information content (AvgIpc) is 2.87. The van der Waals surface area contributed by atoms with Gasteiger partial charge in [-0.1, -0.05) is 24.6 Å². The topological polar surface area (TPSA) is 81.2 Å². The number of nitrogens with zero attached hydrogens (tertiary/aromatic N) is 4. The molecule has 1 amide bonds. The third-order valence-electron chi connectivity index (χ3n) is 7.71. The number of carbonyl (C=O) groups excluding carboxylic acids is 1. The van der Waals surface area contributed by atoms with Crippen molar-refractivity contribution in [1.82, 2.24) is 19.9 Å². The van der Waals surface area contributed by atoms with Crippen LogP contribution in [0.2, 0.25) is 0 Å². The van der Waals surface area contributed by atoms with E-state index in [-0.39, 0.29) is 29.9 Å². The summed E-state index contributed by atoms with van der Waals surface area (Å²) in [7, 11) is 0. The summed E-state index contributed by atoms with van der Waals surface area (Å²) in [6, 6.07) is 12.9. The van der Waals surface area contributed by atoms with Crippen LogP contribution in [0.1, 0.15) is 48.0 Å². The van der Waals surface area contributed by atoms with Gasteiger partial charge in [0.2, 0.25) is 5.69 Å². The molecule has 0 unspecified atom stereocenters. The van der Waals surface area contributed by atoms with E-state index in [2.05, 4.69) is 20.1 Å². The first-order valence-corrected chi connectivity index (χ1v) is 12.4. The van der Waals surface area contributed by atoms with Gasteiger partial charge in [-0.15, -0.1) is 0 Å². The van der Waals surface area contributed by atoms with Crippen LogP contribution in [0.5, 0.6) is 0 Å². The number of rotatable bonds is 5.